The molecule has 1 saturated heterocycles. The van der Waals surface area contributed by atoms with Gasteiger partial charge in [-0.25, -0.2) is 9.97 Å². The Bertz CT molecular complexity index is 836. The number of aromatic nitrogens is 5. The molecular formula is C16H19N7OS. The number of nitrogens with two attached hydrogens (primary N) is 1. The molecule has 130 valence electrons. The van der Waals surface area contributed by atoms with Gasteiger partial charge < -0.3 is 10.3 Å². The topological polar surface area (TPSA) is 107 Å². The van der Waals surface area contributed by atoms with E-state index in [9.17, 15) is 0 Å². The Hall–Kier alpha value is -2.39. The number of anilines is 1. The normalized spacial score (nSPS) is 16.4. The lowest BCUT2D eigenvalue weighted by Gasteiger charge is -2.31. The summed E-state index contributed by atoms with van der Waals surface area (Å²) in [5, 5.41) is 8.34. The quantitative estimate of drug-likeness (QED) is 0.757. The standard InChI is InChI=1S/C16H19N7OS/c1-10-6-13(24-21-10)15-14(20-22-25-15)12-2-4-23(5-3-12)9-11-7-18-16(17)19-8-11/h6-8,12H,2-5,9H2,1H3,(H2,17,18,19). The number of nitrogens with zero attached hydrogens (tertiary/aromatic N) is 6. The summed E-state index contributed by atoms with van der Waals surface area (Å²) in [7, 11) is 0. The fourth-order valence-corrected chi connectivity index (χ4v) is 3.87. The highest BCUT2D eigenvalue weighted by atomic mass is 32.1. The summed E-state index contributed by atoms with van der Waals surface area (Å²) in [5.74, 6) is 1.48. The molecule has 0 aliphatic carbocycles. The first kappa shape index (κ1) is 16.1. The van der Waals surface area contributed by atoms with Crippen molar-refractivity contribution in [3.63, 3.8) is 0 Å². The van der Waals surface area contributed by atoms with Crippen molar-refractivity contribution in [2.45, 2.75) is 32.2 Å². The predicted molar refractivity (Wildman–Crippen MR) is 93.8 cm³/mol. The zero-order valence-electron chi connectivity index (χ0n) is 13.9. The Labute approximate surface area is 149 Å². The van der Waals surface area contributed by atoms with Crippen molar-refractivity contribution >= 4 is 17.5 Å². The van der Waals surface area contributed by atoms with Crippen LogP contribution in [0.5, 0.6) is 0 Å². The lowest BCUT2D eigenvalue weighted by atomic mass is 9.92. The number of likely N-dealkylation sites (tertiary alicyclic amines) is 1. The first-order chi connectivity index (χ1) is 12.2. The van der Waals surface area contributed by atoms with Gasteiger partial charge >= 0.3 is 0 Å². The van der Waals surface area contributed by atoms with Crippen molar-refractivity contribution in [1.29, 1.82) is 0 Å². The summed E-state index contributed by atoms with van der Waals surface area (Å²) in [6.07, 6.45) is 5.68. The molecular weight excluding hydrogens is 338 g/mol. The molecule has 0 unspecified atom stereocenters. The molecule has 0 spiro atoms. The van der Waals surface area contributed by atoms with Gasteiger partial charge in [0, 0.05) is 36.5 Å². The minimum absolute atomic E-state index is 0.314. The van der Waals surface area contributed by atoms with Gasteiger partial charge in [0.15, 0.2) is 5.76 Å². The molecule has 9 heteroatoms. The summed E-state index contributed by atoms with van der Waals surface area (Å²) < 4.78 is 9.54. The average molecular weight is 357 g/mol. The third kappa shape index (κ3) is 3.52. The second-order valence-corrected chi connectivity index (χ2v) is 7.07. The number of hydrogen-bond acceptors (Lipinski definition) is 9. The van der Waals surface area contributed by atoms with Crippen LogP contribution in [-0.2, 0) is 6.54 Å². The van der Waals surface area contributed by atoms with E-state index in [1.807, 2.05) is 13.0 Å². The Kier molecular flexibility index (Phi) is 4.41. The molecule has 1 fully saturated rings. The van der Waals surface area contributed by atoms with Crippen molar-refractivity contribution in [3.8, 4) is 10.6 Å². The fourth-order valence-electron chi connectivity index (χ4n) is 3.18. The van der Waals surface area contributed by atoms with Crippen LogP contribution in [0, 0.1) is 6.92 Å². The van der Waals surface area contributed by atoms with Gasteiger partial charge in [0.25, 0.3) is 0 Å². The molecule has 25 heavy (non-hydrogen) atoms. The van der Waals surface area contributed by atoms with Gasteiger partial charge in [-0.3, -0.25) is 4.90 Å². The number of nitrogen functional groups attached to an aromatic ring is 1. The maximum atomic E-state index is 5.54. The molecule has 0 bridgehead atoms. The van der Waals surface area contributed by atoms with Crippen molar-refractivity contribution < 1.29 is 4.52 Å². The van der Waals surface area contributed by atoms with Gasteiger partial charge in [-0.15, -0.1) is 5.10 Å². The zero-order chi connectivity index (χ0) is 17.2. The first-order valence-electron chi connectivity index (χ1n) is 8.24. The molecule has 4 rings (SSSR count). The van der Waals surface area contributed by atoms with Crippen LogP contribution < -0.4 is 5.73 Å². The summed E-state index contributed by atoms with van der Waals surface area (Å²) in [6, 6.07) is 1.94. The summed E-state index contributed by atoms with van der Waals surface area (Å²) in [6.45, 7) is 4.76. The zero-order valence-corrected chi connectivity index (χ0v) is 14.7. The molecule has 0 aromatic carbocycles. The van der Waals surface area contributed by atoms with Crippen LogP contribution in [0.3, 0.4) is 0 Å². The smallest absolute Gasteiger partial charge is 0.219 e. The van der Waals surface area contributed by atoms with Crippen LogP contribution in [0.15, 0.2) is 23.0 Å². The van der Waals surface area contributed by atoms with Crippen molar-refractivity contribution in [1.82, 2.24) is 29.6 Å². The van der Waals surface area contributed by atoms with Crippen LogP contribution in [0.4, 0.5) is 5.95 Å². The van der Waals surface area contributed by atoms with E-state index in [-0.39, 0.29) is 0 Å². The Balaban J connectivity index is 1.41. The van der Waals surface area contributed by atoms with Crippen LogP contribution in [0.1, 0.15) is 35.7 Å². The molecule has 3 aromatic rings. The highest BCUT2D eigenvalue weighted by Gasteiger charge is 2.27. The highest BCUT2D eigenvalue weighted by molar-refractivity contribution is 7.09. The molecule has 0 radical (unpaired) electrons. The molecule has 4 heterocycles. The summed E-state index contributed by atoms with van der Waals surface area (Å²) in [4.78, 5) is 11.5. The largest absolute Gasteiger partial charge is 0.368 e. The molecule has 0 atom stereocenters. The minimum Gasteiger partial charge on any atom is -0.368 e. The molecule has 3 aromatic heterocycles. The van der Waals surface area contributed by atoms with Crippen molar-refractivity contribution in [3.05, 3.63) is 35.4 Å². The molecule has 8 nitrogen and oxygen atoms in total. The number of rotatable bonds is 4. The van der Waals surface area contributed by atoms with E-state index >= 15 is 0 Å². The fraction of sp³-hybridized carbons (Fsp3) is 0.438. The van der Waals surface area contributed by atoms with Crippen LogP contribution in [-0.4, -0.2) is 42.7 Å². The average Bonchev–Trinajstić information content (AvgIpc) is 3.26. The van der Waals surface area contributed by atoms with Gasteiger partial charge in [-0.05, 0) is 44.4 Å². The van der Waals surface area contributed by atoms with Crippen LogP contribution in [0.25, 0.3) is 10.6 Å². The maximum absolute atomic E-state index is 5.54. The number of piperidine rings is 1. The van der Waals surface area contributed by atoms with E-state index in [1.54, 1.807) is 12.4 Å². The van der Waals surface area contributed by atoms with Gasteiger partial charge in [-0.1, -0.05) is 9.64 Å². The van der Waals surface area contributed by atoms with Crippen LogP contribution in [0.2, 0.25) is 0 Å². The van der Waals surface area contributed by atoms with E-state index in [0.717, 1.165) is 60.1 Å². The van der Waals surface area contributed by atoms with Crippen molar-refractivity contribution in [2.24, 2.45) is 0 Å². The predicted octanol–water partition coefficient (Wildman–Crippen LogP) is 2.25. The lowest BCUT2D eigenvalue weighted by molar-refractivity contribution is 0.203. The Morgan fingerprint density at radius 1 is 1.28 bits per heavy atom. The number of hydrogen-bond donors (Lipinski definition) is 1. The van der Waals surface area contributed by atoms with E-state index in [2.05, 4.69) is 29.6 Å². The second-order valence-electron chi connectivity index (χ2n) is 6.32. The van der Waals surface area contributed by atoms with Crippen molar-refractivity contribution in [2.75, 3.05) is 18.8 Å². The Morgan fingerprint density at radius 3 is 2.72 bits per heavy atom. The molecule has 0 amide bonds. The van der Waals surface area contributed by atoms with Gasteiger partial charge in [0.2, 0.25) is 5.95 Å². The third-order valence-electron chi connectivity index (χ3n) is 4.47. The molecule has 0 saturated carbocycles. The SMILES string of the molecule is Cc1cc(-c2snnc2C2CCN(Cc3cnc(N)nc3)CC2)on1. The molecule has 2 N–H and O–H groups in total. The first-order valence-corrected chi connectivity index (χ1v) is 9.01. The van der Waals surface area contributed by atoms with E-state index in [0.29, 0.717) is 11.9 Å². The number of aryl methyl sites for hydroxylation is 1. The van der Waals surface area contributed by atoms with Gasteiger partial charge in [0.05, 0.1) is 11.4 Å². The van der Waals surface area contributed by atoms with Crippen LogP contribution >= 0.6 is 11.5 Å². The van der Waals surface area contributed by atoms with E-state index < -0.39 is 0 Å². The third-order valence-corrected chi connectivity index (χ3v) is 5.23. The van der Waals surface area contributed by atoms with Gasteiger partial charge in [0.1, 0.15) is 4.88 Å². The summed E-state index contributed by atoms with van der Waals surface area (Å²) >= 11 is 1.38. The van der Waals surface area contributed by atoms with E-state index in [4.69, 9.17) is 10.3 Å². The maximum Gasteiger partial charge on any atom is 0.219 e. The molecule has 1 aliphatic heterocycles. The Morgan fingerprint density at radius 2 is 2.04 bits per heavy atom. The monoisotopic (exact) mass is 357 g/mol. The van der Waals surface area contributed by atoms with Gasteiger partial charge in [-0.2, -0.15) is 0 Å². The minimum atomic E-state index is 0.314. The molecule has 1 aliphatic rings. The van der Waals surface area contributed by atoms with E-state index in [1.165, 1.54) is 11.5 Å². The lowest BCUT2D eigenvalue weighted by Crippen LogP contribution is -2.32. The second kappa shape index (κ2) is 6.85. The highest BCUT2D eigenvalue weighted by Crippen LogP contribution is 2.36. The summed E-state index contributed by atoms with van der Waals surface area (Å²) in [5.41, 5.74) is 8.53.